The average Bonchev–Trinajstić information content (AvgIpc) is 3.54. The molecule has 0 fully saturated rings. The van der Waals surface area contributed by atoms with Crippen LogP contribution in [-0.4, -0.2) is 22.1 Å². The largest absolute Gasteiger partial charge is 0.512 e. The molecule has 0 aliphatic rings. The third kappa shape index (κ3) is 11.0. The first-order valence-corrected chi connectivity index (χ1v) is 21.0. The molecule has 0 spiro atoms. The number of aliphatic hydroxyl groups is 1. The summed E-state index contributed by atoms with van der Waals surface area (Å²) in [4.78, 5) is 17.8. The second-order valence-corrected chi connectivity index (χ2v) is 18.2. The van der Waals surface area contributed by atoms with Crippen LogP contribution in [0.25, 0.3) is 42.6 Å². The first-order valence-electron chi connectivity index (χ1n) is 20.2. The van der Waals surface area contributed by atoms with Crippen LogP contribution in [0.4, 0.5) is 13.2 Å². The number of hydrogen-bond acceptors (Lipinski definition) is 4. The number of aryl methyl sites for hydroxylation is 1. The zero-order valence-electron chi connectivity index (χ0n) is 35.8. The standard InChI is InChI=1S/C36H37F3NS.C13H24O2.Ir/c1-21(2)29-30-22(3)20-40-31(26-17-25-11-9-10-12-27(25)28(18-26)34(4,5)6)33(30)41-32(29)24-15-13-23(14-16-24)19-35(7,8)36(37,38)39;1-5-10(6-2)12(14)9-13(15)11(7-3)8-4;/h9-16,18,20-21H,19H2,1-8H3;9-11,14H,5-8H2,1-4H3;/q-1;;/b;12-9-;. The number of aliphatic hydroxyl groups excluding tert-OH is 1. The molecule has 1 radical (unpaired) electrons. The van der Waals surface area contributed by atoms with Crippen molar-refractivity contribution in [3.05, 3.63) is 101 Å². The Labute approximate surface area is 357 Å². The third-order valence-corrected chi connectivity index (χ3v) is 12.3. The average molecular weight is 977 g/mol. The summed E-state index contributed by atoms with van der Waals surface area (Å²) in [5.74, 6) is 0.799. The van der Waals surface area contributed by atoms with Crippen LogP contribution < -0.4 is 0 Å². The summed E-state index contributed by atoms with van der Waals surface area (Å²) in [6, 6.07) is 21.9. The van der Waals surface area contributed by atoms with Gasteiger partial charge in [0.1, 0.15) is 0 Å². The van der Waals surface area contributed by atoms with Crippen molar-refractivity contribution in [3.8, 4) is 21.7 Å². The van der Waals surface area contributed by atoms with E-state index in [1.807, 2.05) is 64.2 Å². The molecule has 5 aromatic rings. The number of benzene rings is 3. The Morgan fingerprint density at radius 2 is 1.47 bits per heavy atom. The van der Waals surface area contributed by atoms with Gasteiger partial charge < -0.3 is 5.11 Å². The molecule has 0 bridgehead atoms. The zero-order chi connectivity index (χ0) is 41.7. The van der Waals surface area contributed by atoms with Gasteiger partial charge in [-0.2, -0.15) is 13.2 Å². The number of thiophene rings is 1. The molecule has 311 valence electrons. The van der Waals surface area contributed by atoms with Crippen molar-refractivity contribution in [2.24, 2.45) is 17.3 Å². The van der Waals surface area contributed by atoms with E-state index in [-0.39, 0.29) is 61.2 Å². The van der Waals surface area contributed by atoms with Crippen LogP contribution in [0.1, 0.15) is 130 Å². The Bertz CT molecular complexity index is 2150. The first-order chi connectivity index (χ1) is 26.2. The molecule has 0 aliphatic heterocycles. The maximum atomic E-state index is 13.5. The van der Waals surface area contributed by atoms with E-state index in [2.05, 4.69) is 71.9 Å². The minimum atomic E-state index is -4.25. The van der Waals surface area contributed by atoms with Crippen molar-refractivity contribution in [3.63, 3.8) is 0 Å². The molecule has 0 amide bonds. The van der Waals surface area contributed by atoms with Gasteiger partial charge in [-0.15, -0.1) is 40.5 Å². The van der Waals surface area contributed by atoms with Gasteiger partial charge >= 0.3 is 6.18 Å². The fraction of sp³-hybridized carbons (Fsp3) is 0.469. The van der Waals surface area contributed by atoms with Crippen molar-refractivity contribution < 1.29 is 43.2 Å². The summed E-state index contributed by atoms with van der Waals surface area (Å²) in [7, 11) is 0. The molecule has 3 nitrogen and oxygen atoms in total. The summed E-state index contributed by atoms with van der Waals surface area (Å²) in [6.07, 6.45) is 2.56. The topological polar surface area (TPSA) is 50.2 Å². The second kappa shape index (κ2) is 19.6. The minimum Gasteiger partial charge on any atom is -0.512 e. The second-order valence-electron chi connectivity index (χ2n) is 17.1. The van der Waals surface area contributed by atoms with Gasteiger partial charge in [-0.1, -0.05) is 130 Å². The SMILES string of the molecule is CCC(CC)C(=O)/C=C(\O)C(CC)CC.Cc1cnc(-c2[c-]c3ccccc3c(C(C)(C)C)c2)c2sc(-c3ccc(CC(C)(C)C(F)(F)F)cc3)c(C(C)C)c12.[Ir]. The van der Waals surface area contributed by atoms with Crippen molar-refractivity contribution >= 4 is 38.0 Å². The van der Waals surface area contributed by atoms with E-state index in [0.717, 1.165) is 63.0 Å². The molecule has 3 aromatic carbocycles. The molecular formula is C49H61F3IrNO2S-. The fourth-order valence-electron chi connectivity index (χ4n) is 7.39. The van der Waals surface area contributed by atoms with Crippen LogP contribution in [0, 0.1) is 30.2 Å². The van der Waals surface area contributed by atoms with E-state index in [1.54, 1.807) is 11.3 Å². The third-order valence-electron chi connectivity index (χ3n) is 11.1. The Kier molecular flexibility index (Phi) is 16.5. The number of ketones is 1. The molecule has 0 saturated heterocycles. The Morgan fingerprint density at radius 3 is 2.00 bits per heavy atom. The van der Waals surface area contributed by atoms with Crippen LogP contribution in [-0.2, 0) is 36.7 Å². The fourth-order valence-corrected chi connectivity index (χ4v) is 8.92. The summed E-state index contributed by atoms with van der Waals surface area (Å²) < 4.78 is 41.6. The van der Waals surface area contributed by atoms with Crippen LogP contribution >= 0.6 is 11.3 Å². The van der Waals surface area contributed by atoms with Crippen LogP contribution in [0.3, 0.4) is 0 Å². The van der Waals surface area contributed by atoms with Crippen LogP contribution in [0.5, 0.6) is 0 Å². The molecule has 1 N–H and O–H groups in total. The number of hydrogen-bond donors (Lipinski definition) is 1. The van der Waals surface area contributed by atoms with Crippen molar-refractivity contribution in [2.45, 2.75) is 133 Å². The quantitative estimate of drug-likeness (QED) is 0.0770. The van der Waals surface area contributed by atoms with E-state index in [1.165, 1.54) is 41.8 Å². The molecule has 8 heteroatoms. The number of carbonyl (C=O) groups is 1. The van der Waals surface area contributed by atoms with Gasteiger partial charge in [0.2, 0.25) is 0 Å². The van der Waals surface area contributed by atoms with Crippen LogP contribution in [0.15, 0.2) is 72.6 Å². The molecule has 0 saturated carbocycles. The predicted octanol–water partition coefficient (Wildman–Crippen LogP) is 15.3. The Balaban J connectivity index is 0.000000464. The predicted molar refractivity (Wildman–Crippen MR) is 232 cm³/mol. The molecule has 2 heterocycles. The number of alkyl halides is 3. The van der Waals surface area contributed by atoms with Crippen molar-refractivity contribution in [1.29, 1.82) is 0 Å². The molecule has 0 atom stereocenters. The first kappa shape index (κ1) is 48.1. The van der Waals surface area contributed by atoms with Gasteiger partial charge in [-0.05, 0) is 78.0 Å². The number of nitrogens with zero attached hydrogens (tertiary/aromatic N) is 1. The van der Waals surface area contributed by atoms with Gasteiger partial charge in [-0.3, -0.25) is 9.78 Å². The molecular weight excluding hydrogens is 916 g/mol. The monoisotopic (exact) mass is 977 g/mol. The number of fused-ring (bicyclic) bond motifs is 2. The maximum absolute atomic E-state index is 13.5. The molecule has 0 unspecified atom stereocenters. The van der Waals surface area contributed by atoms with Crippen molar-refractivity contribution in [1.82, 2.24) is 4.98 Å². The molecule has 57 heavy (non-hydrogen) atoms. The van der Waals surface area contributed by atoms with Gasteiger partial charge in [0.25, 0.3) is 0 Å². The molecule has 2 aromatic heterocycles. The van der Waals surface area contributed by atoms with Crippen LogP contribution in [0.2, 0.25) is 0 Å². The number of carbonyl (C=O) groups excluding carboxylic acids is 1. The maximum Gasteiger partial charge on any atom is 0.394 e. The smallest absolute Gasteiger partial charge is 0.394 e. The number of halogens is 3. The van der Waals surface area contributed by atoms with E-state index in [0.29, 0.717) is 5.56 Å². The van der Waals surface area contributed by atoms with E-state index >= 15 is 0 Å². The van der Waals surface area contributed by atoms with E-state index < -0.39 is 11.6 Å². The summed E-state index contributed by atoms with van der Waals surface area (Å²) in [5.41, 5.74) is 5.40. The number of allylic oxidation sites excluding steroid dienone is 2. The van der Waals surface area contributed by atoms with Gasteiger partial charge in [0.15, 0.2) is 5.78 Å². The van der Waals surface area contributed by atoms with Gasteiger partial charge in [0, 0.05) is 59.5 Å². The van der Waals surface area contributed by atoms with Gasteiger partial charge in [-0.25, -0.2) is 0 Å². The summed E-state index contributed by atoms with van der Waals surface area (Å²) >= 11 is 1.72. The number of pyridine rings is 1. The summed E-state index contributed by atoms with van der Waals surface area (Å²) in [6.45, 7) is 23.8. The zero-order valence-corrected chi connectivity index (χ0v) is 39.0. The van der Waals surface area contributed by atoms with Gasteiger partial charge in [0.05, 0.1) is 11.2 Å². The van der Waals surface area contributed by atoms with Crippen molar-refractivity contribution in [2.75, 3.05) is 0 Å². The Morgan fingerprint density at radius 1 is 0.895 bits per heavy atom. The van der Waals surface area contributed by atoms with E-state index in [4.69, 9.17) is 4.98 Å². The normalized spacial score (nSPS) is 12.7. The molecule has 0 aliphatic carbocycles. The Hall–Kier alpha value is -3.32. The molecule has 5 rings (SSSR count). The summed E-state index contributed by atoms with van der Waals surface area (Å²) in [5, 5.41) is 13.3. The van der Waals surface area contributed by atoms with E-state index in [9.17, 15) is 23.1 Å². The number of rotatable bonds is 12. The number of aromatic nitrogens is 1. The minimum absolute atomic E-state index is 0.